The summed E-state index contributed by atoms with van der Waals surface area (Å²) in [7, 11) is 1.68. The Kier molecular flexibility index (Phi) is 10.5. The van der Waals surface area contributed by atoms with Gasteiger partial charge in [0.25, 0.3) is 0 Å². The lowest BCUT2D eigenvalue weighted by Gasteiger charge is -2.21. The second-order valence-electron chi connectivity index (χ2n) is 7.50. The van der Waals surface area contributed by atoms with Crippen molar-refractivity contribution >= 4 is 35.8 Å². The van der Waals surface area contributed by atoms with Crippen LogP contribution < -0.4 is 20.7 Å². The van der Waals surface area contributed by atoms with Crippen LogP contribution in [-0.2, 0) is 17.9 Å². The molecule has 0 spiro atoms. The van der Waals surface area contributed by atoms with Crippen LogP contribution in [0.5, 0.6) is 5.75 Å². The SMILES string of the molecule is CN=C(NCC(=O)NC(C)(C)C)NCc1cccc(COc2ccccc2)c1.I. The molecule has 0 heterocycles. The van der Waals surface area contributed by atoms with Gasteiger partial charge in [-0.1, -0.05) is 42.5 Å². The first-order valence-electron chi connectivity index (χ1n) is 9.37. The maximum Gasteiger partial charge on any atom is 0.239 e. The summed E-state index contributed by atoms with van der Waals surface area (Å²) in [5, 5.41) is 9.16. The Morgan fingerprint density at radius 2 is 1.69 bits per heavy atom. The molecule has 6 nitrogen and oxygen atoms in total. The molecule has 158 valence electrons. The quantitative estimate of drug-likeness (QED) is 0.303. The minimum absolute atomic E-state index is 0. The molecule has 0 saturated heterocycles. The molecule has 2 aromatic carbocycles. The Balaban J connectivity index is 0.00000420. The van der Waals surface area contributed by atoms with Gasteiger partial charge < -0.3 is 20.7 Å². The number of nitrogens with one attached hydrogen (secondary N) is 3. The normalized spacial score (nSPS) is 11.2. The fourth-order valence-corrected chi connectivity index (χ4v) is 2.55. The van der Waals surface area contributed by atoms with Gasteiger partial charge in [-0.25, -0.2) is 0 Å². The summed E-state index contributed by atoms with van der Waals surface area (Å²) >= 11 is 0. The number of para-hydroxylation sites is 1. The van der Waals surface area contributed by atoms with E-state index in [4.69, 9.17) is 4.74 Å². The third-order valence-corrected chi connectivity index (χ3v) is 3.75. The zero-order valence-electron chi connectivity index (χ0n) is 17.5. The summed E-state index contributed by atoms with van der Waals surface area (Å²) in [4.78, 5) is 16.1. The number of hydrogen-bond acceptors (Lipinski definition) is 3. The lowest BCUT2D eigenvalue weighted by molar-refractivity contribution is -0.121. The molecule has 0 saturated carbocycles. The summed E-state index contributed by atoms with van der Waals surface area (Å²) in [5.41, 5.74) is 1.95. The zero-order chi connectivity index (χ0) is 20.4. The number of amides is 1. The first kappa shape index (κ1) is 24.7. The first-order valence-corrected chi connectivity index (χ1v) is 9.37. The molecule has 29 heavy (non-hydrogen) atoms. The van der Waals surface area contributed by atoms with Crippen LogP contribution in [0.15, 0.2) is 59.6 Å². The largest absolute Gasteiger partial charge is 0.489 e. The number of carbonyl (C=O) groups is 1. The van der Waals surface area contributed by atoms with Crippen LogP contribution in [0.2, 0.25) is 0 Å². The minimum atomic E-state index is -0.252. The van der Waals surface area contributed by atoms with Gasteiger partial charge in [0.1, 0.15) is 12.4 Å². The monoisotopic (exact) mass is 510 g/mol. The van der Waals surface area contributed by atoms with Crippen LogP contribution in [0.25, 0.3) is 0 Å². The van der Waals surface area contributed by atoms with E-state index in [0.717, 1.165) is 16.9 Å². The number of benzene rings is 2. The molecule has 0 aliphatic heterocycles. The minimum Gasteiger partial charge on any atom is -0.489 e. The highest BCUT2D eigenvalue weighted by molar-refractivity contribution is 14.0. The van der Waals surface area contributed by atoms with Crippen molar-refractivity contribution in [2.45, 2.75) is 39.5 Å². The smallest absolute Gasteiger partial charge is 0.239 e. The number of guanidine groups is 1. The van der Waals surface area contributed by atoms with Crippen molar-refractivity contribution in [3.8, 4) is 5.75 Å². The highest BCUT2D eigenvalue weighted by Crippen LogP contribution is 2.12. The molecule has 0 aliphatic carbocycles. The number of halogens is 1. The summed E-state index contributed by atoms with van der Waals surface area (Å²) in [6, 6.07) is 17.9. The average molecular weight is 510 g/mol. The average Bonchev–Trinajstić information content (AvgIpc) is 2.66. The van der Waals surface area contributed by atoms with Crippen LogP contribution in [0.4, 0.5) is 0 Å². The van der Waals surface area contributed by atoms with Crippen molar-refractivity contribution in [3.63, 3.8) is 0 Å². The lowest BCUT2D eigenvalue weighted by atomic mass is 10.1. The zero-order valence-corrected chi connectivity index (χ0v) is 19.8. The van der Waals surface area contributed by atoms with Crippen molar-refractivity contribution in [3.05, 3.63) is 65.7 Å². The van der Waals surface area contributed by atoms with Gasteiger partial charge in [0.05, 0.1) is 6.54 Å². The molecule has 0 unspecified atom stereocenters. The van der Waals surface area contributed by atoms with Crippen LogP contribution in [-0.4, -0.2) is 31.0 Å². The molecule has 1 amide bonds. The van der Waals surface area contributed by atoms with Gasteiger partial charge >= 0.3 is 0 Å². The first-order chi connectivity index (χ1) is 13.4. The molecular formula is C22H31IN4O2. The van der Waals surface area contributed by atoms with E-state index in [1.54, 1.807) is 7.05 Å². The molecule has 0 aliphatic rings. The van der Waals surface area contributed by atoms with Gasteiger partial charge in [0.2, 0.25) is 5.91 Å². The van der Waals surface area contributed by atoms with E-state index in [-0.39, 0.29) is 42.0 Å². The van der Waals surface area contributed by atoms with E-state index < -0.39 is 0 Å². The molecule has 0 fully saturated rings. The number of hydrogen-bond donors (Lipinski definition) is 3. The van der Waals surface area contributed by atoms with Gasteiger partial charge in [0, 0.05) is 19.1 Å². The van der Waals surface area contributed by atoms with E-state index in [1.807, 2.05) is 69.3 Å². The van der Waals surface area contributed by atoms with Gasteiger partial charge in [-0.15, -0.1) is 24.0 Å². The molecule has 0 aromatic heterocycles. The lowest BCUT2D eigenvalue weighted by Crippen LogP contribution is -2.48. The summed E-state index contributed by atoms with van der Waals surface area (Å²) in [6.45, 7) is 7.13. The van der Waals surface area contributed by atoms with Gasteiger partial charge in [-0.2, -0.15) is 0 Å². The van der Waals surface area contributed by atoms with Crippen molar-refractivity contribution in [1.82, 2.24) is 16.0 Å². The van der Waals surface area contributed by atoms with Crippen molar-refractivity contribution in [2.24, 2.45) is 4.99 Å². The van der Waals surface area contributed by atoms with Crippen LogP contribution >= 0.6 is 24.0 Å². The standard InChI is InChI=1S/C22H30N4O2.HI/c1-22(2,3)26-20(27)15-25-21(23-4)24-14-17-9-8-10-18(13-17)16-28-19-11-6-5-7-12-19;/h5-13H,14-16H2,1-4H3,(H,26,27)(H2,23,24,25);1H. The van der Waals surface area contributed by atoms with Crippen molar-refractivity contribution < 1.29 is 9.53 Å². The number of nitrogens with zero attached hydrogens (tertiary/aromatic N) is 1. The Morgan fingerprint density at radius 1 is 1.00 bits per heavy atom. The second-order valence-corrected chi connectivity index (χ2v) is 7.50. The predicted molar refractivity (Wildman–Crippen MR) is 129 cm³/mol. The molecule has 2 rings (SSSR count). The molecule has 0 bridgehead atoms. The van der Waals surface area contributed by atoms with Crippen molar-refractivity contribution in [1.29, 1.82) is 0 Å². The molecule has 0 atom stereocenters. The predicted octanol–water partition coefficient (Wildman–Crippen LogP) is 3.46. The fraction of sp³-hybridized carbons (Fsp3) is 0.364. The highest BCUT2D eigenvalue weighted by Gasteiger charge is 2.13. The number of rotatable bonds is 7. The highest BCUT2D eigenvalue weighted by atomic mass is 127. The summed E-state index contributed by atoms with van der Waals surface area (Å²) in [6.07, 6.45) is 0. The van der Waals surface area contributed by atoms with Gasteiger partial charge in [-0.3, -0.25) is 9.79 Å². The molecule has 2 aromatic rings. The maximum absolute atomic E-state index is 11.9. The van der Waals surface area contributed by atoms with E-state index in [1.165, 1.54) is 0 Å². The topological polar surface area (TPSA) is 74.8 Å². The summed E-state index contributed by atoms with van der Waals surface area (Å²) < 4.78 is 5.80. The molecule has 7 heteroatoms. The Bertz CT molecular complexity index is 789. The Hall–Kier alpha value is -2.29. The van der Waals surface area contributed by atoms with Crippen LogP contribution in [0, 0.1) is 0 Å². The van der Waals surface area contributed by atoms with Crippen LogP contribution in [0.1, 0.15) is 31.9 Å². The summed E-state index contributed by atoms with van der Waals surface area (Å²) in [5.74, 6) is 1.36. The molecule has 0 radical (unpaired) electrons. The molecule has 3 N–H and O–H groups in total. The van der Waals surface area contributed by atoms with E-state index in [0.29, 0.717) is 19.1 Å². The number of carbonyl (C=O) groups excluding carboxylic acids is 1. The maximum atomic E-state index is 11.9. The second kappa shape index (κ2) is 12.3. The Labute approximate surface area is 190 Å². The van der Waals surface area contributed by atoms with E-state index >= 15 is 0 Å². The van der Waals surface area contributed by atoms with Gasteiger partial charge in [-0.05, 0) is 44.0 Å². The van der Waals surface area contributed by atoms with Gasteiger partial charge in [0.15, 0.2) is 5.96 Å². The van der Waals surface area contributed by atoms with Crippen LogP contribution in [0.3, 0.4) is 0 Å². The number of ether oxygens (including phenoxy) is 1. The number of aliphatic imine (C=N–C) groups is 1. The third kappa shape index (κ3) is 10.2. The Morgan fingerprint density at radius 3 is 2.34 bits per heavy atom. The fourth-order valence-electron chi connectivity index (χ4n) is 2.55. The molecular weight excluding hydrogens is 479 g/mol. The van der Waals surface area contributed by atoms with Crippen molar-refractivity contribution in [2.75, 3.05) is 13.6 Å². The van der Waals surface area contributed by atoms with E-state index in [9.17, 15) is 4.79 Å². The third-order valence-electron chi connectivity index (χ3n) is 3.75. The van der Waals surface area contributed by atoms with E-state index in [2.05, 4.69) is 27.0 Å².